The average Bonchev–Trinajstić information content (AvgIpc) is 3.13. The highest BCUT2D eigenvalue weighted by atomic mass is 31.2. The molecule has 0 rings (SSSR count). The van der Waals surface area contributed by atoms with Crippen molar-refractivity contribution < 1.29 is 32.9 Å². The second kappa shape index (κ2) is 39.0. The zero-order chi connectivity index (χ0) is 40.7. The Kier molecular flexibility index (Phi) is 38.6. The third kappa shape index (κ3) is 41.5. The quantitative estimate of drug-likeness (QED) is 0.0322. The fraction of sp³-hybridized carbons (Fsp3) is 0.978. The first-order valence-electron chi connectivity index (χ1n) is 23.9. The summed E-state index contributed by atoms with van der Waals surface area (Å²) in [5, 5.41) is 13.8. The van der Waals surface area contributed by atoms with E-state index in [1.54, 1.807) is 0 Å². The number of nitrogens with one attached hydrogen (secondary N) is 1. The molecule has 0 fully saturated rings. The van der Waals surface area contributed by atoms with Crippen LogP contribution in [0.2, 0.25) is 0 Å². The van der Waals surface area contributed by atoms with Crippen molar-refractivity contribution in [3.63, 3.8) is 0 Å². The number of quaternary nitrogens is 1. The number of carbonyl (C=O) groups is 1. The van der Waals surface area contributed by atoms with Crippen LogP contribution in [-0.4, -0.2) is 73.4 Å². The molecule has 0 bridgehead atoms. The number of aliphatic hydroxyl groups excluding tert-OH is 1. The van der Waals surface area contributed by atoms with E-state index in [-0.39, 0.29) is 19.1 Å². The number of phosphoric acid groups is 1. The van der Waals surface area contributed by atoms with Gasteiger partial charge in [0.2, 0.25) is 5.91 Å². The average molecular weight is 804 g/mol. The highest BCUT2D eigenvalue weighted by molar-refractivity contribution is 7.47. The molecule has 330 valence electrons. The highest BCUT2D eigenvalue weighted by Gasteiger charge is 2.28. The second-order valence-corrected chi connectivity index (χ2v) is 19.3. The minimum Gasteiger partial charge on any atom is -0.391 e. The van der Waals surface area contributed by atoms with Crippen LogP contribution >= 0.6 is 7.82 Å². The Morgan fingerprint density at radius 1 is 0.545 bits per heavy atom. The molecule has 0 saturated carbocycles. The van der Waals surface area contributed by atoms with Gasteiger partial charge in [-0.3, -0.25) is 13.8 Å². The van der Waals surface area contributed by atoms with Gasteiger partial charge in [-0.25, -0.2) is 4.57 Å². The van der Waals surface area contributed by atoms with Crippen molar-refractivity contribution >= 4 is 13.7 Å². The summed E-state index contributed by atoms with van der Waals surface area (Å²) in [5.41, 5.74) is 0. The van der Waals surface area contributed by atoms with Crippen molar-refractivity contribution in [1.82, 2.24) is 5.32 Å². The molecule has 3 atom stereocenters. The number of rotatable bonds is 44. The first-order valence-corrected chi connectivity index (χ1v) is 25.4. The van der Waals surface area contributed by atoms with Gasteiger partial charge >= 0.3 is 7.82 Å². The standard InChI is InChI=1S/C46H95N2O6P/c1-6-8-10-12-13-14-15-16-17-18-19-20-21-22-23-24-25-26-27-28-29-30-31-32-33-34-36-37-39-45(49)44(47-46(50)40-38-35-11-9-7-2)43-54-55(51,52)53-42-41-48(3,4)5/h44-45,49H,6-43H2,1-5H3,(H-,47,50,51,52)/p+1. The van der Waals surface area contributed by atoms with E-state index in [0.717, 1.165) is 51.4 Å². The lowest BCUT2D eigenvalue weighted by atomic mass is 10.0. The summed E-state index contributed by atoms with van der Waals surface area (Å²) in [6.07, 6.45) is 43.4. The Morgan fingerprint density at radius 2 is 0.873 bits per heavy atom. The van der Waals surface area contributed by atoms with Crippen LogP contribution in [0.25, 0.3) is 0 Å². The number of nitrogens with zero attached hydrogens (tertiary/aromatic N) is 1. The highest BCUT2D eigenvalue weighted by Crippen LogP contribution is 2.43. The van der Waals surface area contributed by atoms with Crippen molar-refractivity contribution in [2.45, 2.75) is 251 Å². The smallest absolute Gasteiger partial charge is 0.391 e. The molecule has 0 saturated heterocycles. The molecular formula is C46H96N2O6P+. The first kappa shape index (κ1) is 54.5. The number of amides is 1. The molecule has 8 nitrogen and oxygen atoms in total. The number of unbranched alkanes of at least 4 members (excludes halogenated alkanes) is 31. The molecule has 0 aliphatic heterocycles. The Balaban J connectivity index is 3.88. The summed E-state index contributed by atoms with van der Waals surface area (Å²) in [7, 11) is 1.62. The van der Waals surface area contributed by atoms with Crippen LogP contribution < -0.4 is 5.32 Å². The Labute approximate surface area is 342 Å². The summed E-state index contributed by atoms with van der Waals surface area (Å²) in [4.78, 5) is 22.9. The molecule has 0 aromatic rings. The molecule has 0 heterocycles. The molecule has 3 N–H and O–H groups in total. The summed E-state index contributed by atoms with van der Waals surface area (Å²) in [5.74, 6) is -0.154. The van der Waals surface area contributed by atoms with E-state index in [0.29, 0.717) is 23.9 Å². The van der Waals surface area contributed by atoms with Crippen LogP contribution in [0, 0.1) is 0 Å². The molecule has 0 aliphatic carbocycles. The van der Waals surface area contributed by atoms with Crippen molar-refractivity contribution in [3.8, 4) is 0 Å². The molecule has 3 unspecified atom stereocenters. The zero-order valence-corrected chi connectivity index (χ0v) is 38.3. The topological polar surface area (TPSA) is 105 Å². The van der Waals surface area contributed by atoms with Crippen LogP contribution in [0.3, 0.4) is 0 Å². The van der Waals surface area contributed by atoms with Crippen LogP contribution in [-0.2, 0) is 18.4 Å². The normalized spacial score (nSPS) is 14.2. The predicted molar refractivity (Wildman–Crippen MR) is 236 cm³/mol. The maximum atomic E-state index is 12.7. The van der Waals surface area contributed by atoms with E-state index >= 15 is 0 Å². The third-order valence-corrected chi connectivity index (χ3v) is 12.1. The van der Waals surface area contributed by atoms with Gasteiger partial charge < -0.3 is 19.8 Å². The number of hydrogen-bond donors (Lipinski definition) is 3. The van der Waals surface area contributed by atoms with Crippen LogP contribution in [0.1, 0.15) is 239 Å². The lowest BCUT2D eigenvalue weighted by Crippen LogP contribution is -2.46. The molecule has 55 heavy (non-hydrogen) atoms. The van der Waals surface area contributed by atoms with E-state index < -0.39 is 20.0 Å². The molecule has 0 aliphatic rings. The van der Waals surface area contributed by atoms with E-state index in [4.69, 9.17) is 9.05 Å². The molecule has 9 heteroatoms. The van der Waals surface area contributed by atoms with Gasteiger partial charge in [0.15, 0.2) is 0 Å². The van der Waals surface area contributed by atoms with Crippen molar-refractivity contribution in [3.05, 3.63) is 0 Å². The minimum atomic E-state index is -4.30. The Hall–Kier alpha value is -0.500. The zero-order valence-electron chi connectivity index (χ0n) is 37.4. The van der Waals surface area contributed by atoms with E-state index in [2.05, 4.69) is 19.2 Å². The van der Waals surface area contributed by atoms with Crippen LogP contribution in [0.4, 0.5) is 0 Å². The lowest BCUT2D eigenvalue weighted by Gasteiger charge is -2.26. The van der Waals surface area contributed by atoms with Gasteiger partial charge in [-0.05, 0) is 12.8 Å². The Bertz CT molecular complexity index is 870. The molecule has 0 aromatic carbocycles. The van der Waals surface area contributed by atoms with Gasteiger partial charge in [0.05, 0.1) is 39.9 Å². The van der Waals surface area contributed by atoms with Crippen molar-refractivity contribution in [1.29, 1.82) is 0 Å². The number of aliphatic hydroxyl groups is 1. The summed E-state index contributed by atoms with van der Waals surface area (Å²) >= 11 is 0. The summed E-state index contributed by atoms with van der Waals surface area (Å²) in [6.45, 7) is 4.82. The maximum absolute atomic E-state index is 12.7. The van der Waals surface area contributed by atoms with Crippen LogP contribution in [0.5, 0.6) is 0 Å². The van der Waals surface area contributed by atoms with Gasteiger partial charge in [0, 0.05) is 6.42 Å². The van der Waals surface area contributed by atoms with E-state index in [1.165, 1.54) is 161 Å². The lowest BCUT2D eigenvalue weighted by molar-refractivity contribution is -0.870. The Morgan fingerprint density at radius 3 is 1.22 bits per heavy atom. The van der Waals surface area contributed by atoms with Crippen molar-refractivity contribution in [2.75, 3.05) is 40.9 Å². The fourth-order valence-electron chi connectivity index (χ4n) is 7.28. The van der Waals surface area contributed by atoms with Gasteiger partial charge in [0.1, 0.15) is 13.2 Å². The summed E-state index contributed by atoms with van der Waals surface area (Å²) < 4.78 is 23.5. The second-order valence-electron chi connectivity index (χ2n) is 17.9. The monoisotopic (exact) mass is 804 g/mol. The molecular weight excluding hydrogens is 707 g/mol. The number of phosphoric ester groups is 1. The van der Waals surface area contributed by atoms with Crippen LogP contribution in [0.15, 0.2) is 0 Å². The molecule has 0 radical (unpaired) electrons. The van der Waals surface area contributed by atoms with E-state index in [9.17, 15) is 19.4 Å². The SMILES string of the molecule is CCCCCCCCCCCCCCCCCCCCCCCCCCCCCCC(O)C(COP(=O)(O)OCC[N+](C)(C)C)NC(=O)CCCCCCC. The van der Waals surface area contributed by atoms with Gasteiger partial charge in [-0.1, -0.05) is 219 Å². The summed E-state index contributed by atoms with van der Waals surface area (Å²) in [6, 6.07) is -0.750. The van der Waals surface area contributed by atoms with Crippen molar-refractivity contribution in [2.24, 2.45) is 0 Å². The number of carbonyl (C=O) groups excluding carboxylic acids is 1. The largest absolute Gasteiger partial charge is 0.472 e. The molecule has 0 spiro atoms. The third-order valence-electron chi connectivity index (χ3n) is 11.1. The first-order chi connectivity index (χ1) is 26.5. The fourth-order valence-corrected chi connectivity index (χ4v) is 8.02. The van der Waals surface area contributed by atoms with E-state index in [1.807, 2.05) is 21.1 Å². The predicted octanol–water partition coefficient (Wildman–Crippen LogP) is 13.4. The van der Waals surface area contributed by atoms with Gasteiger partial charge in [-0.2, -0.15) is 0 Å². The number of likely N-dealkylation sites (N-methyl/N-ethyl adjacent to an activating group) is 1. The van der Waals surface area contributed by atoms with Gasteiger partial charge in [0.25, 0.3) is 0 Å². The maximum Gasteiger partial charge on any atom is 0.472 e. The van der Waals surface area contributed by atoms with Gasteiger partial charge in [-0.15, -0.1) is 0 Å². The number of hydrogen-bond acceptors (Lipinski definition) is 5. The minimum absolute atomic E-state index is 0.0776. The molecule has 0 aromatic heterocycles. The molecule has 1 amide bonds.